The van der Waals surface area contributed by atoms with E-state index in [0.717, 1.165) is 5.56 Å². The van der Waals surface area contributed by atoms with Gasteiger partial charge in [0.05, 0.1) is 5.56 Å². The fourth-order valence-corrected chi connectivity index (χ4v) is 1.47. The highest BCUT2D eigenvalue weighted by molar-refractivity contribution is 5.98. The van der Waals surface area contributed by atoms with Gasteiger partial charge in [-0.25, -0.2) is 9.59 Å². The lowest BCUT2D eigenvalue weighted by Crippen LogP contribution is -2.44. The van der Waals surface area contributed by atoms with E-state index < -0.39 is 24.0 Å². The van der Waals surface area contributed by atoms with Crippen molar-refractivity contribution >= 4 is 17.9 Å². The standard InChI is InChI=1S/C14H18N2O4/c1-4-15-14(19)16-12(17)10(3)20-13(18)11-7-5-6-9(2)8-11/h5-8,10H,4H2,1-3H3,(H2,15,16,17,19). The van der Waals surface area contributed by atoms with Gasteiger partial charge < -0.3 is 10.1 Å². The number of amides is 3. The quantitative estimate of drug-likeness (QED) is 0.815. The van der Waals surface area contributed by atoms with E-state index in [-0.39, 0.29) is 0 Å². The Balaban J connectivity index is 2.57. The lowest BCUT2D eigenvalue weighted by molar-refractivity contribution is -0.127. The molecular formula is C14H18N2O4. The van der Waals surface area contributed by atoms with Gasteiger partial charge in [0.2, 0.25) is 0 Å². The Kier molecular flexibility index (Phi) is 5.71. The molecule has 108 valence electrons. The van der Waals surface area contributed by atoms with Gasteiger partial charge in [-0.2, -0.15) is 0 Å². The third-order valence-electron chi connectivity index (χ3n) is 2.48. The zero-order valence-electron chi connectivity index (χ0n) is 11.7. The van der Waals surface area contributed by atoms with Crippen LogP contribution in [0.3, 0.4) is 0 Å². The summed E-state index contributed by atoms with van der Waals surface area (Å²) in [5, 5.41) is 4.50. The van der Waals surface area contributed by atoms with Crippen LogP contribution in [-0.4, -0.2) is 30.6 Å². The van der Waals surface area contributed by atoms with Crippen LogP contribution >= 0.6 is 0 Å². The maximum absolute atomic E-state index is 11.8. The molecule has 0 aliphatic carbocycles. The minimum absolute atomic E-state index is 0.364. The number of benzene rings is 1. The first kappa shape index (κ1) is 15.7. The van der Waals surface area contributed by atoms with Crippen molar-refractivity contribution < 1.29 is 19.1 Å². The molecule has 0 aliphatic rings. The van der Waals surface area contributed by atoms with Crippen LogP contribution in [0.15, 0.2) is 24.3 Å². The molecule has 0 saturated heterocycles. The third kappa shape index (κ3) is 4.72. The Labute approximate surface area is 117 Å². The maximum Gasteiger partial charge on any atom is 0.338 e. The lowest BCUT2D eigenvalue weighted by Gasteiger charge is -2.13. The normalized spacial score (nSPS) is 11.3. The van der Waals surface area contributed by atoms with E-state index in [4.69, 9.17) is 4.74 Å². The fourth-order valence-electron chi connectivity index (χ4n) is 1.47. The Bertz CT molecular complexity index is 514. The Morgan fingerprint density at radius 2 is 2.00 bits per heavy atom. The second-order valence-corrected chi connectivity index (χ2v) is 4.27. The van der Waals surface area contributed by atoms with Crippen molar-refractivity contribution in [3.05, 3.63) is 35.4 Å². The summed E-state index contributed by atoms with van der Waals surface area (Å²) in [7, 11) is 0. The molecule has 6 heteroatoms. The van der Waals surface area contributed by atoms with Crippen molar-refractivity contribution in [3.63, 3.8) is 0 Å². The molecule has 1 rings (SSSR count). The van der Waals surface area contributed by atoms with Crippen LogP contribution in [0.2, 0.25) is 0 Å². The number of esters is 1. The Morgan fingerprint density at radius 1 is 1.30 bits per heavy atom. The number of ether oxygens (including phenoxy) is 1. The Hall–Kier alpha value is -2.37. The molecule has 0 aromatic heterocycles. The number of hydrogen-bond acceptors (Lipinski definition) is 4. The van der Waals surface area contributed by atoms with Gasteiger partial charge in [0, 0.05) is 6.54 Å². The zero-order valence-corrected chi connectivity index (χ0v) is 11.7. The second-order valence-electron chi connectivity index (χ2n) is 4.27. The number of aryl methyl sites for hydroxylation is 1. The summed E-state index contributed by atoms with van der Waals surface area (Å²) in [5.74, 6) is -1.27. The minimum Gasteiger partial charge on any atom is -0.449 e. The molecule has 0 fully saturated rings. The average Bonchev–Trinajstić information content (AvgIpc) is 2.38. The summed E-state index contributed by atoms with van der Waals surface area (Å²) in [4.78, 5) is 34.6. The number of carbonyl (C=O) groups excluding carboxylic acids is 3. The lowest BCUT2D eigenvalue weighted by atomic mass is 10.1. The first-order valence-electron chi connectivity index (χ1n) is 6.30. The van der Waals surface area contributed by atoms with Crippen molar-refractivity contribution in [2.75, 3.05) is 6.54 Å². The smallest absolute Gasteiger partial charge is 0.338 e. The summed E-state index contributed by atoms with van der Waals surface area (Å²) < 4.78 is 5.00. The Morgan fingerprint density at radius 3 is 2.60 bits per heavy atom. The van der Waals surface area contributed by atoms with Gasteiger partial charge in [0.1, 0.15) is 0 Å². The molecule has 0 aliphatic heterocycles. The van der Waals surface area contributed by atoms with Crippen molar-refractivity contribution in [1.82, 2.24) is 10.6 Å². The summed E-state index contributed by atoms with van der Waals surface area (Å²) in [6.07, 6.45) is -1.05. The number of urea groups is 1. The maximum atomic E-state index is 11.8. The summed E-state index contributed by atoms with van der Waals surface area (Å²) in [6, 6.07) is 6.23. The van der Waals surface area contributed by atoms with Crippen molar-refractivity contribution in [2.45, 2.75) is 26.9 Å². The zero-order chi connectivity index (χ0) is 15.1. The largest absolute Gasteiger partial charge is 0.449 e. The second kappa shape index (κ2) is 7.28. The van der Waals surface area contributed by atoms with Crippen molar-refractivity contribution in [3.8, 4) is 0 Å². The van der Waals surface area contributed by atoms with Crippen LogP contribution in [0.5, 0.6) is 0 Å². The molecule has 1 atom stereocenters. The van der Waals surface area contributed by atoms with Gasteiger partial charge in [0.25, 0.3) is 5.91 Å². The van der Waals surface area contributed by atoms with E-state index in [9.17, 15) is 14.4 Å². The average molecular weight is 278 g/mol. The first-order valence-corrected chi connectivity index (χ1v) is 6.30. The monoisotopic (exact) mass is 278 g/mol. The van der Waals surface area contributed by atoms with Crippen LogP contribution in [0.4, 0.5) is 4.79 Å². The molecule has 6 nitrogen and oxygen atoms in total. The van der Waals surface area contributed by atoms with E-state index in [1.54, 1.807) is 25.1 Å². The highest BCUT2D eigenvalue weighted by atomic mass is 16.5. The van der Waals surface area contributed by atoms with E-state index >= 15 is 0 Å². The first-order chi connectivity index (χ1) is 9.43. The molecule has 0 saturated carbocycles. The summed E-state index contributed by atoms with van der Waals surface area (Å²) >= 11 is 0. The molecule has 1 unspecified atom stereocenters. The van der Waals surface area contributed by atoms with Gasteiger partial charge in [-0.15, -0.1) is 0 Å². The fraction of sp³-hybridized carbons (Fsp3) is 0.357. The number of imide groups is 1. The van der Waals surface area contributed by atoms with Gasteiger partial charge in [-0.05, 0) is 32.9 Å². The van der Waals surface area contributed by atoms with Crippen LogP contribution in [0.25, 0.3) is 0 Å². The van der Waals surface area contributed by atoms with Gasteiger partial charge >= 0.3 is 12.0 Å². The minimum atomic E-state index is -1.05. The third-order valence-corrected chi connectivity index (χ3v) is 2.48. The van der Waals surface area contributed by atoms with Gasteiger partial charge in [-0.1, -0.05) is 17.7 Å². The van der Waals surface area contributed by atoms with Crippen LogP contribution in [0.1, 0.15) is 29.8 Å². The van der Waals surface area contributed by atoms with Gasteiger partial charge in [-0.3, -0.25) is 10.1 Å². The predicted octanol–water partition coefficient (Wildman–Crippen LogP) is 1.39. The van der Waals surface area contributed by atoms with E-state index in [1.807, 2.05) is 13.0 Å². The molecule has 0 radical (unpaired) electrons. The number of nitrogens with one attached hydrogen (secondary N) is 2. The van der Waals surface area contributed by atoms with Crippen molar-refractivity contribution in [1.29, 1.82) is 0 Å². The molecule has 1 aromatic rings. The van der Waals surface area contributed by atoms with E-state index in [2.05, 4.69) is 10.6 Å². The predicted molar refractivity (Wildman–Crippen MR) is 73.3 cm³/mol. The highest BCUT2D eigenvalue weighted by Gasteiger charge is 2.20. The number of carbonyl (C=O) groups is 3. The summed E-state index contributed by atoms with van der Waals surface area (Å²) in [5.41, 5.74) is 1.28. The molecular weight excluding hydrogens is 260 g/mol. The molecule has 0 spiro atoms. The van der Waals surface area contributed by atoms with E-state index in [0.29, 0.717) is 12.1 Å². The summed E-state index contributed by atoms with van der Waals surface area (Å²) in [6.45, 7) is 5.38. The van der Waals surface area contributed by atoms with Crippen molar-refractivity contribution in [2.24, 2.45) is 0 Å². The molecule has 2 N–H and O–H groups in total. The SMILES string of the molecule is CCNC(=O)NC(=O)C(C)OC(=O)c1cccc(C)c1. The molecule has 0 bridgehead atoms. The highest BCUT2D eigenvalue weighted by Crippen LogP contribution is 2.07. The van der Waals surface area contributed by atoms with Crippen LogP contribution in [0, 0.1) is 6.92 Å². The number of rotatable bonds is 4. The molecule has 20 heavy (non-hydrogen) atoms. The topological polar surface area (TPSA) is 84.5 Å². The molecule has 0 heterocycles. The van der Waals surface area contributed by atoms with Gasteiger partial charge in [0.15, 0.2) is 6.10 Å². The molecule has 1 aromatic carbocycles. The van der Waals surface area contributed by atoms with E-state index in [1.165, 1.54) is 6.92 Å². The van der Waals surface area contributed by atoms with Crippen LogP contribution < -0.4 is 10.6 Å². The molecule has 3 amide bonds. The number of hydrogen-bond donors (Lipinski definition) is 2. The van der Waals surface area contributed by atoms with Crippen LogP contribution in [-0.2, 0) is 9.53 Å².